The summed E-state index contributed by atoms with van der Waals surface area (Å²) in [5, 5.41) is 0.623. The molecule has 24 heavy (non-hydrogen) atoms. The fraction of sp³-hybridized carbons (Fsp3) is 0.176. The second-order valence-electron chi connectivity index (χ2n) is 4.91. The summed E-state index contributed by atoms with van der Waals surface area (Å²) in [7, 11) is 0. The fourth-order valence-electron chi connectivity index (χ4n) is 1.85. The Morgan fingerprint density at radius 1 is 1.00 bits per heavy atom. The summed E-state index contributed by atoms with van der Waals surface area (Å²) >= 11 is 11.7. The Balaban J connectivity index is 1.93. The quantitative estimate of drug-likeness (QED) is 0.789. The molecule has 0 saturated heterocycles. The van der Waals surface area contributed by atoms with Crippen molar-refractivity contribution in [1.82, 2.24) is 10.9 Å². The van der Waals surface area contributed by atoms with Crippen molar-refractivity contribution in [3.8, 4) is 5.75 Å². The van der Waals surface area contributed by atoms with Crippen LogP contribution in [0.15, 0.2) is 42.5 Å². The Hall–Kier alpha value is -2.24. The van der Waals surface area contributed by atoms with Crippen molar-refractivity contribution in [3.63, 3.8) is 0 Å². The molecule has 0 spiro atoms. The van der Waals surface area contributed by atoms with Crippen LogP contribution in [0.4, 0.5) is 0 Å². The minimum Gasteiger partial charge on any atom is -0.494 e. The number of hydrogen-bond acceptors (Lipinski definition) is 3. The Kier molecular flexibility index (Phi) is 6.46. The molecule has 0 atom stereocenters. The molecule has 0 aliphatic heterocycles. The van der Waals surface area contributed by atoms with Crippen LogP contribution in [0.3, 0.4) is 0 Å². The van der Waals surface area contributed by atoms with E-state index in [4.69, 9.17) is 27.9 Å². The lowest BCUT2D eigenvalue weighted by Crippen LogP contribution is -2.41. The molecule has 0 aliphatic carbocycles. The van der Waals surface area contributed by atoms with Gasteiger partial charge in [0.15, 0.2) is 0 Å². The zero-order valence-corrected chi connectivity index (χ0v) is 14.4. The first-order valence-corrected chi connectivity index (χ1v) is 8.05. The summed E-state index contributed by atoms with van der Waals surface area (Å²) in [6.45, 7) is 2.63. The van der Waals surface area contributed by atoms with Gasteiger partial charge in [0.2, 0.25) is 0 Å². The Bertz CT molecular complexity index is 733. The van der Waals surface area contributed by atoms with Crippen LogP contribution in [-0.4, -0.2) is 18.4 Å². The summed E-state index contributed by atoms with van der Waals surface area (Å²) in [6.07, 6.45) is 0.904. The summed E-state index contributed by atoms with van der Waals surface area (Å²) in [4.78, 5) is 24.0. The van der Waals surface area contributed by atoms with Crippen LogP contribution in [0.25, 0.3) is 0 Å². The molecular weight excluding hydrogens is 351 g/mol. The van der Waals surface area contributed by atoms with Crippen LogP contribution in [0.2, 0.25) is 10.0 Å². The van der Waals surface area contributed by atoms with Gasteiger partial charge < -0.3 is 4.74 Å². The fourth-order valence-corrected chi connectivity index (χ4v) is 2.34. The number of ether oxygens (including phenoxy) is 1. The van der Waals surface area contributed by atoms with Gasteiger partial charge in [0, 0.05) is 10.6 Å². The maximum atomic E-state index is 12.0. The highest BCUT2D eigenvalue weighted by Gasteiger charge is 2.12. The highest BCUT2D eigenvalue weighted by molar-refractivity contribution is 6.36. The van der Waals surface area contributed by atoms with Gasteiger partial charge in [-0.2, -0.15) is 0 Å². The molecule has 2 amide bonds. The molecule has 2 N–H and O–H groups in total. The molecule has 2 rings (SSSR count). The first-order valence-electron chi connectivity index (χ1n) is 7.30. The topological polar surface area (TPSA) is 67.4 Å². The van der Waals surface area contributed by atoms with Gasteiger partial charge in [0.25, 0.3) is 11.8 Å². The number of hydrazine groups is 1. The average Bonchev–Trinajstić information content (AvgIpc) is 2.58. The van der Waals surface area contributed by atoms with Crippen molar-refractivity contribution >= 4 is 35.0 Å². The molecule has 0 saturated carbocycles. The van der Waals surface area contributed by atoms with Crippen LogP contribution >= 0.6 is 23.2 Å². The molecule has 0 heterocycles. The number of amides is 2. The number of nitrogens with one attached hydrogen (secondary N) is 2. The molecule has 7 heteroatoms. The minimum absolute atomic E-state index is 0.201. The van der Waals surface area contributed by atoms with E-state index in [1.807, 2.05) is 6.92 Å². The Morgan fingerprint density at radius 2 is 1.67 bits per heavy atom. The van der Waals surface area contributed by atoms with Gasteiger partial charge >= 0.3 is 0 Å². The highest BCUT2D eigenvalue weighted by Crippen LogP contribution is 2.20. The lowest BCUT2D eigenvalue weighted by Gasteiger charge is -2.09. The lowest BCUT2D eigenvalue weighted by atomic mass is 10.2. The molecule has 0 fully saturated rings. The van der Waals surface area contributed by atoms with Gasteiger partial charge in [0.1, 0.15) is 5.75 Å². The van der Waals surface area contributed by atoms with Gasteiger partial charge in [-0.25, -0.2) is 0 Å². The third-order valence-corrected chi connectivity index (χ3v) is 3.60. The SMILES string of the molecule is CCCOc1ccc(C(=O)NNC(=O)c2ccc(Cl)cc2Cl)cc1. The van der Waals surface area contributed by atoms with Gasteiger partial charge in [0.05, 0.1) is 17.2 Å². The van der Waals surface area contributed by atoms with E-state index in [0.29, 0.717) is 22.9 Å². The predicted molar refractivity (Wildman–Crippen MR) is 93.6 cm³/mol. The largest absolute Gasteiger partial charge is 0.494 e. The van der Waals surface area contributed by atoms with Crippen LogP contribution in [-0.2, 0) is 0 Å². The standard InChI is InChI=1S/C17H16Cl2N2O3/c1-2-9-24-13-6-3-11(4-7-13)16(22)20-21-17(23)14-8-5-12(18)10-15(14)19/h3-8,10H,2,9H2,1H3,(H,20,22)(H,21,23). The highest BCUT2D eigenvalue weighted by atomic mass is 35.5. The Labute approximate surface area is 149 Å². The summed E-state index contributed by atoms with van der Waals surface area (Å²) in [5.74, 6) is -0.297. The summed E-state index contributed by atoms with van der Waals surface area (Å²) < 4.78 is 5.44. The van der Waals surface area contributed by atoms with E-state index in [1.54, 1.807) is 30.3 Å². The summed E-state index contributed by atoms with van der Waals surface area (Å²) in [6, 6.07) is 11.1. The number of carbonyl (C=O) groups excluding carboxylic acids is 2. The number of halogens is 2. The zero-order chi connectivity index (χ0) is 17.5. The minimum atomic E-state index is -0.534. The van der Waals surface area contributed by atoms with Gasteiger partial charge in [-0.05, 0) is 48.9 Å². The van der Waals surface area contributed by atoms with Crippen molar-refractivity contribution in [1.29, 1.82) is 0 Å². The Morgan fingerprint density at radius 3 is 2.29 bits per heavy atom. The van der Waals surface area contributed by atoms with Crippen LogP contribution < -0.4 is 15.6 Å². The normalized spacial score (nSPS) is 10.1. The van der Waals surface area contributed by atoms with Gasteiger partial charge in [-0.3, -0.25) is 20.4 Å². The van der Waals surface area contributed by atoms with Crippen LogP contribution in [0.5, 0.6) is 5.75 Å². The van der Waals surface area contributed by atoms with Crippen molar-refractivity contribution in [2.75, 3.05) is 6.61 Å². The molecule has 2 aromatic carbocycles. The van der Waals surface area contributed by atoms with E-state index < -0.39 is 11.8 Å². The van der Waals surface area contributed by atoms with Crippen molar-refractivity contribution in [2.45, 2.75) is 13.3 Å². The summed E-state index contributed by atoms with van der Waals surface area (Å²) in [5.41, 5.74) is 5.24. The van der Waals surface area contributed by atoms with E-state index in [9.17, 15) is 9.59 Å². The van der Waals surface area contributed by atoms with Crippen LogP contribution in [0, 0.1) is 0 Å². The predicted octanol–water partition coefficient (Wildman–Crippen LogP) is 3.86. The first-order chi connectivity index (χ1) is 11.5. The lowest BCUT2D eigenvalue weighted by molar-refractivity contribution is 0.0846. The molecule has 0 radical (unpaired) electrons. The molecule has 0 bridgehead atoms. The number of benzene rings is 2. The molecular formula is C17H16Cl2N2O3. The van der Waals surface area contributed by atoms with Crippen LogP contribution in [0.1, 0.15) is 34.1 Å². The smallest absolute Gasteiger partial charge is 0.271 e. The number of hydrogen-bond donors (Lipinski definition) is 2. The average molecular weight is 367 g/mol. The molecule has 0 aliphatic rings. The van der Waals surface area contributed by atoms with Crippen molar-refractivity contribution < 1.29 is 14.3 Å². The van der Waals surface area contributed by atoms with E-state index in [-0.39, 0.29) is 10.6 Å². The second-order valence-corrected chi connectivity index (χ2v) is 5.75. The maximum Gasteiger partial charge on any atom is 0.271 e. The first kappa shape index (κ1) is 18.1. The van der Waals surface area contributed by atoms with Crippen molar-refractivity contribution in [2.24, 2.45) is 0 Å². The van der Waals surface area contributed by atoms with E-state index in [1.165, 1.54) is 12.1 Å². The van der Waals surface area contributed by atoms with Crippen molar-refractivity contribution in [3.05, 3.63) is 63.6 Å². The monoisotopic (exact) mass is 366 g/mol. The molecule has 0 unspecified atom stereocenters. The number of carbonyl (C=O) groups is 2. The second kappa shape index (κ2) is 8.57. The van der Waals surface area contributed by atoms with E-state index in [2.05, 4.69) is 10.9 Å². The zero-order valence-electron chi connectivity index (χ0n) is 12.9. The molecule has 5 nitrogen and oxygen atoms in total. The number of rotatable bonds is 5. The van der Waals surface area contributed by atoms with Gasteiger partial charge in [-0.1, -0.05) is 30.1 Å². The third-order valence-electron chi connectivity index (χ3n) is 3.05. The molecule has 2 aromatic rings. The third kappa shape index (κ3) is 4.88. The maximum absolute atomic E-state index is 12.0. The van der Waals surface area contributed by atoms with E-state index >= 15 is 0 Å². The molecule has 126 valence electrons. The van der Waals surface area contributed by atoms with E-state index in [0.717, 1.165) is 6.42 Å². The molecule has 0 aromatic heterocycles. The van der Waals surface area contributed by atoms with Gasteiger partial charge in [-0.15, -0.1) is 0 Å².